The number of nitrogens with zero attached hydrogens (tertiary/aromatic N) is 1. The van der Waals surface area contributed by atoms with E-state index in [0.29, 0.717) is 25.2 Å². The summed E-state index contributed by atoms with van der Waals surface area (Å²) in [6.07, 6.45) is 3.56. The number of benzene rings is 1. The maximum Gasteiger partial charge on any atom is 0.271 e. The van der Waals surface area contributed by atoms with Crippen LogP contribution in [0.3, 0.4) is 0 Å². The van der Waals surface area contributed by atoms with Crippen molar-refractivity contribution in [3.63, 3.8) is 0 Å². The molecule has 3 heterocycles. The minimum atomic E-state index is -0.961. The molecule has 4 N–H and O–H groups in total. The number of H-pyrrole nitrogens is 1. The minimum Gasteiger partial charge on any atom is -0.389 e. The Morgan fingerprint density at radius 1 is 1.18 bits per heavy atom. The quantitative estimate of drug-likeness (QED) is 0.483. The van der Waals surface area contributed by atoms with Gasteiger partial charge in [-0.3, -0.25) is 19.2 Å². The summed E-state index contributed by atoms with van der Waals surface area (Å²) in [4.78, 5) is 56.3. The van der Waals surface area contributed by atoms with Crippen LogP contribution in [0, 0.1) is 17.8 Å². The van der Waals surface area contributed by atoms with Crippen LogP contribution in [-0.2, 0) is 14.4 Å². The van der Waals surface area contributed by atoms with E-state index in [0.717, 1.165) is 30.2 Å². The third kappa shape index (κ3) is 4.09. The van der Waals surface area contributed by atoms with Crippen LogP contribution in [-0.4, -0.2) is 70.3 Å². The molecule has 5 rings (SSSR count). The molecule has 3 amide bonds. The van der Waals surface area contributed by atoms with Gasteiger partial charge in [0.1, 0.15) is 18.3 Å². The molecular weight excluding hydrogens is 436 g/mol. The molecule has 9 heteroatoms. The van der Waals surface area contributed by atoms with Crippen molar-refractivity contribution in [2.45, 2.75) is 44.2 Å². The van der Waals surface area contributed by atoms with E-state index in [9.17, 15) is 24.3 Å². The number of hydrogen-bond acceptors (Lipinski definition) is 5. The van der Waals surface area contributed by atoms with Crippen LogP contribution in [0.1, 0.15) is 42.6 Å². The number of aromatic nitrogens is 1. The van der Waals surface area contributed by atoms with Gasteiger partial charge in [0, 0.05) is 29.9 Å². The van der Waals surface area contributed by atoms with Crippen molar-refractivity contribution in [2.24, 2.45) is 17.8 Å². The average molecular weight is 467 g/mol. The molecule has 9 nitrogen and oxygen atoms in total. The molecule has 2 saturated heterocycles. The second kappa shape index (κ2) is 9.21. The summed E-state index contributed by atoms with van der Waals surface area (Å²) in [5.74, 6) is -1.38. The van der Waals surface area contributed by atoms with E-state index < -0.39 is 24.5 Å². The largest absolute Gasteiger partial charge is 0.389 e. The normalized spacial score (nSPS) is 27.0. The van der Waals surface area contributed by atoms with Crippen LogP contribution in [0.2, 0.25) is 0 Å². The molecule has 1 aromatic carbocycles. The van der Waals surface area contributed by atoms with Crippen molar-refractivity contribution < 1.29 is 24.3 Å². The Labute approximate surface area is 197 Å². The fourth-order valence-electron chi connectivity index (χ4n) is 5.99. The maximum atomic E-state index is 13.5. The summed E-state index contributed by atoms with van der Waals surface area (Å²) < 4.78 is 0. The smallest absolute Gasteiger partial charge is 0.271 e. The number of aliphatic hydroxyl groups excluding tert-OH is 1. The number of carbonyl (C=O) groups excluding carboxylic acids is 4. The summed E-state index contributed by atoms with van der Waals surface area (Å²) in [6, 6.07) is 7.79. The van der Waals surface area contributed by atoms with Gasteiger partial charge in [-0.2, -0.15) is 0 Å². The molecule has 0 spiro atoms. The van der Waals surface area contributed by atoms with E-state index >= 15 is 0 Å². The summed E-state index contributed by atoms with van der Waals surface area (Å²) in [6.45, 7) is 0.324. The summed E-state index contributed by atoms with van der Waals surface area (Å²) in [5.41, 5.74) is 1.29. The first-order valence-electron chi connectivity index (χ1n) is 12.1. The molecule has 2 aliphatic heterocycles. The molecule has 180 valence electrons. The molecule has 0 bridgehead atoms. The standard InChI is InChI=1S/C25H30N4O5/c30-13-21(31)19(11-15-8-9-26-23(15)32)28-24(33)22-17-6-3-5-16(17)12-29(22)25(34)20-10-14-4-1-2-7-18(14)27-20/h1-2,4,7,10,15-17,19,22,27,30H,3,5-6,8-9,11-13H2,(H,26,32)(H,28,33)/t15-,16-,17-,19-,22-/m0/s1. The van der Waals surface area contributed by atoms with Crippen molar-refractivity contribution in [3.05, 3.63) is 36.0 Å². The van der Waals surface area contributed by atoms with Crippen LogP contribution >= 0.6 is 0 Å². The Kier molecular flexibility index (Phi) is 6.12. The van der Waals surface area contributed by atoms with E-state index in [1.807, 2.05) is 24.3 Å². The van der Waals surface area contributed by atoms with E-state index in [4.69, 9.17) is 0 Å². The zero-order chi connectivity index (χ0) is 23.8. The number of nitrogens with one attached hydrogen (secondary N) is 3. The highest BCUT2D eigenvalue weighted by Crippen LogP contribution is 2.43. The molecule has 3 aliphatic rings. The molecule has 1 saturated carbocycles. The molecular formula is C25H30N4O5. The maximum absolute atomic E-state index is 13.5. The van der Waals surface area contributed by atoms with Gasteiger partial charge in [0.25, 0.3) is 5.91 Å². The van der Waals surface area contributed by atoms with Crippen molar-refractivity contribution >= 4 is 34.4 Å². The van der Waals surface area contributed by atoms with Crippen LogP contribution in [0.5, 0.6) is 0 Å². The monoisotopic (exact) mass is 466 g/mol. The predicted octanol–water partition coefficient (Wildman–Crippen LogP) is 0.981. The first-order chi connectivity index (χ1) is 16.5. The average Bonchev–Trinajstić information content (AvgIpc) is 3.61. The third-order valence-electron chi connectivity index (χ3n) is 7.72. The van der Waals surface area contributed by atoms with Crippen molar-refractivity contribution in [3.8, 4) is 0 Å². The van der Waals surface area contributed by atoms with Gasteiger partial charge in [0.15, 0.2) is 5.78 Å². The number of rotatable bonds is 7. The zero-order valence-electron chi connectivity index (χ0n) is 19.0. The van der Waals surface area contributed by atoms with Crippen LogP contribution in [0.4, 0.5) is 0 Å². The molecule has 5 atom stereocenters. The van der Waals surface area contributed by atoms with Crippen LogP contribution in [0.25, 0.3) is 10.9 Å². The van der Waals surface area contributed by atoms with Crippen molar-refractivity contribution in [1.29, 1.82) is 0 Å². The number of Topliss-reactive ketones (excluding diaryl/α,β-unsaturated/α-hetero) is 1. The second-order valence-corrected chi connectivity index (χ2v) is 9.73. The predicted molar refractivity (Wildman–Crippen MR) is 124 cm³/mol. The Hall–Kier alpha value is -3.20. The van der Waals surface area contributed by atoms with E-state index in [-0.39, 0.29) is 41.9 Å². The number of carbonyl (C=O) groups is 4. The number of hydrogen-bond donors (Lipinski definition) is 4. The van der Waals surface area contributed by atoms with Crippen LogP contribution in [0.15, 0.2) is 30.3 Å². The fourth-order valence-corrected chi connectivity index (χ4v) is 5.99. The van der Waals surface area contributed by atoms with Gasteiger partial charge in [-0.25, -0.2) is 0 Å². The number of aliphatic hydroxyl groups is 1. The Balaban J connectivity index is 1.38. The lowest BCUT2D eigenvalue weighted by atomic mass is 9.92. The minimum absolute atomic E-state index is 0.0352. The molecule has 34 heavy (non-hydrogen) atoms. The van der Waals surface area contributed by atoms with Gasteiger partial charge >= 0.3 is 0 Å². The number of ketones is 1. The molecule has 1 aromatic heterocycles. The van der Waals surface area contributed by atoms with Crippen molar-refractivity contribution in [1.82, 2.24) is 20.5 Å². The van der Waals surface area contributed by atoms with Crippen molar-refractivity contribution in [2.75, 3.05) is 19.7 Å². The summed E-state index contributed by atoms with van der Waals surface area (Å²) in [5, 5.41) is 15.9. The first-order valence-corrected chi connectivity index (χ1v) is 12.1. The Bertz CT molecular complexity index is 1090. The number of para-hydroxylation sites is 1. The topological polar surface area (TPSA) is 132 Å². The molecule has 0 radical (unpaired) electrons. The fraction of sp³-hybridized carbons (Fsp3) is 0.520. The van der Waals surface area contributed by atoms with Gasteiger partial charge < -0.3 is 25.6 Å². The van der Waals surface area contributed by atoms with Crippen LogP contribution < -0.4 is 10.6 Å². The van der Waals surface area contributed by atoms with E-state index in [1.165, 1.54) is 0 Å². The number of likely N-dealkylation sites (tertiary alicyclic amines) is 1. The second-order valence-electron chi connectivity index (χ2n) is 9.73. The lowest BCUT2D eigenvalue weighted by molar-refractivity contribution is -0.133. The molecule has 0 unspecified atom stereocenters. The number of aromatic amines is 1. The first kappa shape index (κ1) is 22.6. The highest BCUT2D eigenvalue weighted by atomic mass is 16.3. The number of amides is 3. The zero-order valence-corrected chi connectivity index (χ0v) is 19.0. The number of fused-ring (bicyclic) bond motifs is 2. The Morgan fingerprint density at radius 3 is 2.74 bits per heavy atom. The van der Waals surface area contributed by atoms with Gasteiger partial charge in [0.05, 0.1) is 6.04 Å². The Morgan fingerprint density at radius 2 is 2.00 bits per heavy atom. The van der Waals surface area contributed by atoms with Gasteiger partial charge in [0.2, 0.25) is 11.8 Å². The SMILES string of the molecule is O=C1NCC[C@H]1C[C@H](NC(=O)[C@@H]1[C@H]2CCC[C@H]2CN1C(=O)c1cc2ccccc2[nH]1)C(=O)CO. The molecule has 2 aromatic rings. The van der Waals surface area contributed by atoms with E-state index in [1.54, 1.807) is 11.0 Å². The van der Waals surface area contributed by atoms with E-state index in [2.05, 4.69) is 15.6 Å². The lowest BCUT2D eigenvalue weighted by Crippen LogP contribution is -2.53. The lowest BCUT2D eigenvalue weighted by Gasteiger charge is -2.29. The third-order valence-corrected chi connectivity index (χ3v) is 7.72. The molecule has 1 aliphatic carbocycles. The highest BCUT2D eigenvalue weighted by Gasteiger charge is 2.50. The highest BCUT2D eigenvalue weighted by molar-refractivity contribution is 6.01. The van der Waals surface area contributed by atoms with Gasteiger partial charge in [-0.05, 0) is 49.7 Å². The molecule has 3 fully saturated rings. The summed E-state index contributed by atoms with van der Waals surface area (Å²) in [7, 11) is 0. The summed E-state index contributed by atoms with van der Waals surface area (Å²) >= 11 is 0. The van der Waals surface area contributed by atoms with Gasteiger partial charge in [-0.15, -0.1) is 0 Å². The van der Waals surface area contributed by atoms with Gasteiger partial charge in [-0.1, -0.05) is 24.6 Å².